The van der Waals surface area contributed by atoms with E-state index in [1.54, 1.807) is 0 Å². The van der Waals surface area contributed by atoms with Gasteiger partial charge in [0, 0.05) is 25.7 Å². The first-order valence-electron chi connectivity index (χ1n) is 7.17. The van der Waals surface area contributed by atoms with Gasteiger partial charge in [-0.3, -0.25) is 0 Å². The molecule has 0 amide bonds. The van der Waals surface area contributed by atoms with Gasteiger partial charge in [0.1, 0.15) is 0 Å². The summed E-state index contributed by atoms with van der Waals surface area (Å²) in [5, 5.41) is 3.46. The van der Waals surface area contributed by atoms with Gasteiger partial charge in [0.05, 0.1) is 0 Å². The quantitative estimate of drug-likeness (QED) is 0.792. The Kier molecular flexibility index (Phi) is 4.66. The van der Waals surface area contributed by atoms with Crippen molar-refractivity contribution in [3.05, 3.63) is 0 Å². The van der Waals surface area contributed by atoms with Gasteiger partial charge < -0.3 is 10.2 Å². The first kappa shape index (κ1) is 12.4. The highest BCUT2D eigenvalue weighted by Crippen LogP contribution is 2.26. The lowest BCUT2D eigenvalue weighted by Crippen LogP contribution is -2.49. The van der Waals surface area contributed by atoms with Crippen molar-refractivity contribution in [3.63, 3.8) is 0 Å². The van der Waals surface area contributed by atoms with E-state index in [1.165, 1.54) is 58.2 Å². The summed E-state index contributed by atoms with van der Waals surface area (Å²) in [6.45, 7) is 6.37. The zero-order valence-corrected chi connectivity index (χ0v) is 11.0. The van der Waals surface area contributed by atoms with Crippen molar-refractivity contribution in [1.82, 2.24) is 10.2 Å². The fourth-order valence-electron chi connectivity index (χ4n) is 3.55. The molecular weight excluding hydrogens is 196 g/mol. The van der Waals surface area contributed by atoms with Gasteiger partial charge in [0.25, 0.3) is 0 Å². The second kappa shape index (κ2) is 6.02. The molecule has 1 aliphatic carbocycles. The molecule has 1 saturated carbocycles. The number of nitrogens with one attached hydrogen (secondary N) is 1. The van der Waals surface area contributed by atoms with E-state index in [9.17, 15) is 0 Å². The molecule has 2 unspecified atom stereocenters. The van der Waals surface area contributed by atoms with Crippen LogP contribution in [0.1, 0.15) is 45.4 Å². The molecule has 94 valence electrons. The number of hydrogen-bond acceptors (Lipinski definition) is 2. The Balaban J connectivity index is 1.78. The van der Waals surface area contributed by atoms with Gasteiger partial charge in [-0.1, -0.05) is 26.2 Å². The standard InChI is InChI=1S/C14H28N2/c1-12-8-14(15-2)11-16(9-12)10-13-6-4-3-5-7-13/h12-15H,3-11H2,1-2H3. The first-order chi connectivity index (χ1) is 7.78. The number of piperidine rings is 1. The molecule has 2 rings (SSSR count). The van der Waals surface area contributed by atoms with E-state index >= 15 is 0 Å². The lowest BCUT2D eigenvalue weighted by molar-refractivity contribution is 0.122. The van der Waals surface area contributed by atoms with Crippen molar-refractivity contribution >= 4 is 0 Å². The molecule has 0 aromatic carbocycles. The van der Waals surface area contributed by atoms with Crippen LogP contribution in [-0.2, 0) is 0 Å². The number of rotatable bonds is 3. The molecule has 0 radical (unpaired) electrons. The predicted molar refractivity (Wildman–Crippen MR) is 69.6 cm³/mol. The predicted octanol–water partition coefficient (Wildman–Crippen LogP) is 2.50. The zero-order chi connectivity index (χ0) is 11.4. The van der Waals surface area contributed by atoms with Gasteiger partial charge in [-0.25, -0.2) is 0 Å². The minimum atomic E-state index is 0.729. The van der Waals surface area contributed by atoms with Crippen LogP contribution in [0.15, 0.2) is 0 Å². The van der Waals surface area contributed by atoms with E-state index in [2.05, 4.69) is 24.2 Å². The van der Waals surface area contributed by atoms with E-state index < -0.39 is 0 Å². The third-order valence-electron chi connectivity index (χ3n) is 4.38. The largest absolute Gasteiger partial charge is 0.316 e. The molecule has 2 aliphatic rings. The van der Waals surface area contributed by atoms with Gasteiger partial charge in [-0.05, 0) is 38.1 Å². The SMILES string of the molecule is CNC1CC(C)CN(CC2CCCCC2)C1. The monoisotopic (exact) mass is 224 g/mol. The molecule has 0 aromatic heterocycles. The maximum absolute atomic E-state index is 3.46. The maximum Gasteiger partial charge on any atom is 0.0195 e. The molecule has 0 aromatic rings. The average Bonchev–Trinajstić information content (AvgIpc) is 2.29. The summed E-state index contributed by atoms with van der Waals surface area (Å²) in [7, 11) is 2.11. The van der Waals surface area contributed by atoms with Crippen LogP contribution in [0.25, 0.3) is 0 Å². The highest BCUT2D eigenvalue weighted by molar-refractivity contribution is 4.82. The van der Waals surface area contributed by atoms with Crippen molar-refractivity contribution in [2.45, 2.75) is 51.5 Å². The number of likely N-dealkylation sites (tertiary alicyclic amines) is 1. The molecule has 1 N–H and O–H groups in total. The van der Waals surface area contributed by atoms with Crippen molar-refractivity contribution < 1.29 is 0 Å². The van der Waals surface area contributed by atoms with E-state index in [4.69, 9.17) is 0 Å². The van der Waals surface area contributed by atoms with Crippen LogP contribution < -0.4 is 5.32 Å². The van der Waals surface area contributed by atoms with Crippen LogP contribution in [0.3, 0.4) is 0 Å². The fraction of sp³-hybridized carbons (Fsp3) is 1.00. The fourth-order valence-corrected chi connectivity index (χ4v) is 3.55. The second-order valence-electron chi connectivity index (χ2n) is 6.05. The van der Waals surface area contributed by atoms with Crippen LogP contribution >= 0.6 is 0 Å². The Labute approximate surface area is 101 Å². The summed E-state index contributed by atoms with van der Waals surface area (Å²) in [5.41, 5.74) is 0. The van der Waals surface area contributed by atoms with Crippen molar-refractivity contribution in [2.75, 3.05) is 26.7 Å². The number of likely N-dealkylation sites (N-methyl/N-ethyl adjacent to an activating group) is 1. The molecular formula is C14H28N2. The van der Waals surface area contributed by atoms with Crippen LogP contribution in [0.5, 0.6) is 0 Å². The van der Waals surface area contributed by atoms with Crippen LogP contribution in [-0.4, -0.2) is 37.6 Å². The third kappa shape index (κ3) is 3.46. The Morgan fingerprint density at radius 3 is 2.56 bits per heavy atom. The first-order valence-corrected chi connectivity index (χ1v) is 7.17. The van der Waals surface area contributed by atoms with Crippen molar-refractivity contribution in [3.8, 4) is 0 Å². The molecule has 2 atom stereocenters. The second-order valence-corrected chi connectivity index (χ2v) is 6.05. The highest BCUT2D eigenvalue weighted by Gasteiger charge is 2.25. The minimum absolute atomic E-state index is 0.729. The van der Waals surface area contributed by atoms with Gasteiger partial charge in [0.2, 0.25) is 0 Å². The zero-order valence-electron chi connectivity index (χ0n) is 11.0. The van der Waals surface area contributed by atoms with E-state index in [1.807, 2.05) is 0 Å². The van der Waals surface area contributed by atoms with Gasteiger partial charge in [-0.15, -0.1) is 0 Å². The minimum Gasteiger partial charge on any atom is -0.316 e. The molecule has 2 heteroatoms. The maximum atomic E-state index is 3.46. The van der Waals surface area contributed by atoms with E-state index in [0.29, 0.717) is 0 Å². The highest BCUT2D eigenvalue weighted by atomic mass is 15.2. The number of hydrogen-bond donors (Lipinski definition) is 1. The normalized spacial score (nSPS) is 34.1. The van der Waals surface area contributed by atoms with E-state index in [-0.39, 0.29) is 0 Å². The topological polar surface area (TPSA) is 15.3 Å². The lowest BCUT2D eigenvalue weighted by Gasteiger charge is -2.38. The molecule has 1 heterocycles. The molecule has 2 nitrogen and oxygen atoms in total. The summed E-state index contributed by atoms with van der Waals surface area (Å²) < 4.78 is 0. The Morgan fingerprint density at radius 2 is 1.88 bits per heavy atom. The Morgan fingerprint density at radius 1 is 1.12 bits per heavy atom. The Bertz CT molecular complexity index is 199. The summed E-state index contributed by atoms with van der Waals surface area (Å²) in [6.07, 6.45) is 8.75. The summed E-state index contributed by atoms with van der Waals surface area (Å²) in [5.74, 6) is 1.87. The van der Waals surface area contributed by atoms with Gasteiger partial charge in [-0.2, -0.15) is 0 Å². The Hall–Kier alpha value is -0.0800. The summed E-state index contributed by atoms with van der Waals surface area (Å²) >= 11 is 0. The van der Waals surface area contributed by atoms with Crippen LogP contribution in [0.4, 0.5) is 0 Å². The molecule has 0 bridgehead atoms. The number of nitrogens with zero attached hydrogens (tertiary/aromatic N) is 1. The van der Waals surface area contributed by atoms with Crippen molar-refractivity contribution in [2.24, 2.45) is 11.8 Å². The summed E-state index contributed by atoms with van der Waals surface area (Å²) in [6, 6.07) is 0.729. The molecule has 16 heavy (non-hydrogen) atoms. The van der Waals surface area contributed by atoms with Crippen molar-refractivity contribution in [1.29, 1.82) is 0 Å². The summed E-state index contributed by atoms with van der Waals surface area (Å²) in [4.78, 5) is 2.71. The molecule has 2 fully saturated rings. The van der Waals surface area contributed by atoms with Crippen LogP contribution in [0.2, 0.25) is 0 Å². The molecule has 1 aliphatic heterocycles. The van der Waals surface area contributed by atoms with Crippen LogP contribution in [0, 0.1) is 11.8 Å². The average molecular weight is 224 g/mol. The molecule has 0 spiro atoms. The van der Waals surface area contributed by atoms with Gasteiger partial charge >= 0.3 is 0 Å². The molecule has 1 saturated heterocycles. The lowest BCUT2D eigenvalue weighted by atomic mass is 9.87. The third-order valence-corrected chi connectivity index (χ3v) is 4.38. The van der Waals surface area contributed by atoms with E-state index in [0.717, 1.165) is 17.9 Å². The van der Waals surface area contributed by atoms with Gasteiger partial charge in [0.15, 0.2) is 0 Å². The smallest absolute Gasteiger partial charge is 0.0195 e.